The molecule has 19 heavy (non-hydrogen) atoms. The number of hydrogen-bond donors (Lipinski definition) is 1. The van der Waals surface area contributed by atoms with Crippen LogP contribution in [0.15, 0.2) is 17.5 Å². The SMILES string of the molecule is CC(C)(C)CC(=O)NCC1(c2cccs2)CCCC1. The van der Waals surface area contributed by atoms with Gasteiger partial charge in [-0.2, -0.15) is 0 Å². The van der Waals surface area contributed by atoms with Gasteiger partial charge in [-0.1, -0.05) is 39.7 Å². The Morgan fingerprint density at radius 2 is 2.05 bits per heavy atom. The van der Waals surface area contributed by atoms with Crippen LogP contribution in [0, 0.1) is 5.41 Å². The van der Waals surface area contributed by atoms with Crippen molar-refractivity contribution in [1.29, 1.82) is 0 Å². The van der Waals surface area contributed by atoms with Gasteiger partial charge in [-0.15, -0.1) is 11.3 Å². The van der Waals surface area contributed by atoms with E-state index in [1.54, 1.807) is 0 Å². The lowest BCUT2D eigenvalue weighted by molar-refractivity contribution is -0.123. The molecule has 1 aliphatic rings. The second-order valence-electron chi connectivity index (χ2n) is 6.98. The number of carbonyl (C=O) groups is 1. The number of nitrogens with one attached hydrogen (secondary N) is 1. The minimum atomic E-state index is 0.0653. The van der Waals surface area contributed by atoms with Crippen LogP contribution in [0.5, 0.6) is 0 Å². The summed E-state index contributed by atoms with van der Waals surface area (Å²) in [6.07, 6.45) is 5.60. The van der Waals surface area contributed by atoms with Gasteiger partial charge in [-0.25, -0.2) is 0 Å². The van der Waals surface area contributed by atoms with Crippen molar-refractivity contribution in [2.75, 3.05) is 6.54 Å². The van der Waals surface area contributed by atoms with Crippen LogP contribution in [0.25, 0.3) is 0 Å². The van der Waals surface area contributed by atoms with E-state index in [1.807, 2.05) is 11.3 Å². The van der Waals surface area contributed by atoms with Gasteiger partial charge >= 0.3 is 0 Å². The van der Waals surface area contributed by atoms with Crippen LogP contribution >= 0.6 is 11.3 Å². The molecule has 0 aromatic carbocycles. The summed E-state index contributed by atoms with van der Waals surface area (Å²) >= 11 is 1.83. The van der Waals surface area contributed by atoms with Crippen LogP contribution in [0.3, 0.4) is 0 Å². The summed E-state index contributed by atoms with van der Waals surface area (Å²) in [6.45, 7) is 7.13. The first kappa shape index (κ1) is 14.6. The molecule has 0 spiro atoms. The summed E-state index contributed by atoms with van der Waals surface area (Å²) in [5.41, 5.74) is 0.275. The molecule has 0 saturated heterocycles. The Bertz CT molecular complexity index is 410. The maximum Gasteiger partial charge on any atom is 0.220 e. The zero-order valence-electron chi connectivity index (χ0n) is 12.3. The Morgan fingerprint density at radius 3 is 2.58 bits per heavy atom. The second kappa shape index (κ2) is 5.66. The number of amides is 1. The molecule has 1 aromatic heterocycles. The summed E-state index contributed by atoms with van der Waals surface area (Å²) in [6, 6.07) is 4.35. The molecule has 1 fully saturated rings. The quantitative estimate of drug-likeness (QED) is 0.883. The third kappa shape index (κ3) is 3.82. The summed E-state index contributed by atoms with van der Waals surface area (Å²) < 4.78 is 0. The molecule has 0 bridgehead atoms. The highest BCUT2D eigenvalue weighted by atomic mass is 32.1. The molecule has 0 aliphatic heterocycles. The lowest BCUT2D eigenvalue weighted by atomic mass is 9.84. The molecule has 1 N–H and O–H groups in total. The van der Waals surface area contributed by atoms with Gasteiger partial charge < -0.3 is 5.32 Å². The second-order valence-corrected chi connectivity index (χ2v) is 7.93. The molecule has 3 heteroatoms. The summed E-state index contributed by atoms with van der Waals surface area (Å²) in [5.74, 6) is 0.190. The first-order valence-electron chi connectivity index (χ1n) is 7.22. The van der Waals surface area contributed by atoms with E-state index in [2.05, 4.69) is 43.6 Å². The first-order chi connectivity index (χ1) is 8.91. The third-order valence-corrected chi connectivity index (χ3v) is 5.04. The molecule has 106 valence electrons. The molecule has 0 unspecified atom stereocenters. The predicted molar refractivity (Wildman–Crippen MR) is 81.5 cm³/mol. The molecule has 1 amide bonds. The predicted octanol–water partition coefficient (Wildman–Crippen LogP) is 4.11. The van der Waals surface area contributed by atoms with Gasteiger partial charge in [0.05, 0.1) is 0 Å². The summed E-state index contributed by atoms with van der Waals surface area (Å²) in [5, 5.41) is 5.32. The number of rotatable bonds is 4. The van der Waals surface area contributed by atoms with Crippen molar-refractivity contribution in [2.45, 2.75) is 58.3 Å². The van der Waals surface area contributed by atoms with Crippen molar-refractivity contribution in [2.24, 2.45) is 5.41 Å². The van der Waals surface area contributed by atoms with Crippen LogP contribution in [-0.4, -0.2) is 12.5 Å². The van der Waals surface area contributed by atoms with E-state index in [9.17, 15) is 4.79 Å². The smallest absolute Gasteiger partial charge is 0.220 e. The van der Waals surface area contributed by atoms with Gasteiger partial charge in [0.1, 0.15) is 0 Å². The maximum atomic E-state index is 12.0. The highest BCUT2D eigenvalue weighted by Crippen LogP contribution is 2.42. The maximum absolute atomic E-state index is 12.0. The minimum absolute atomic E-state index is 0.0653. The third-order valence-electron chi connectivity index (χ3n) is 3.92. The van der Waals surface area contributed by atoms with Crippen molar-refractivity contribution >= 4 is 17.2 Å². The topological polar surface area (TPSA) is 29.1 Å². The molecular weight excluding hydrogens is 254 g/mol. The minimum Gasteiger partial charge on any atom is -0.355 e. The van der Waals surface area contributed by atoms with Gasteiger partial charge in [0.2, 0.25) is 5.91 Å². The van der Waals surface area contributed by atoms with Gasteiger partial charge in [-0.05, 0) is 29.7 Å². The Kier molecular flexibility index (Phi) is 4.34. The molecule has 2 nitrogen and oxygen atoms in total. The average molecular weight is 279 g/mol. The zero-order valence-corrected chi connectivity index (χ0v) is 13.1. The fourth-order valence-electron chi connectivity index (χ4n) is 2.95. The molecule has 2 rings (SSSR count). The average Bonchev–Trinajstić information content (AvgIpc) is 2.96. The van der Waals surface area contributed by atoms with Crippen LogP contribution in [0.4, 0.5) is 0 Å². The standard InChI is InChI=1S/C16H25NOS/c1-15(2,3)11-14(18)17-12-16(8-4-5-9-16)13-7-6-10-19-13/h6-7,10H,4-5,8-9,11-12H2,1-3H3,(H,17,18). The molecule has 0 radical (unpaired) electrons. The fourth-order valence-corrected chi connectivity index (χ4v) is 3.94. The number of carbonyl (C=O) groups excluding carboxylic acids is 1. The van der Waals surface area contributed by atoms with Crippen LogP contribution in [-0.2, 0) is 10.2 Å². The van der Waals surface area contributed by atoms with Crippen molar-refractivity contribution in [3.63, 3.8) is 0 Å². The van der Waals surface area contributed by atoms with E-state index in [1.165, 1.54) is 30.6 Å². The van der Waals surface area contributed by atoms with E-state index in [0.29, 0.717) is 6.42 Å². The molecule has 1 aromatic rings. The van der Waals surface area contributed by atoms with Crippen molar-refractivity contribution < 1.29 is 4.79 Å². The van der Waals surface area contributed by atoms with Gasteiger partial charge in [0, 0.05) is 23.3 Å². The van der Waals surface area contributed by atoms with Crippen molar-refractivity contribution in [3.05, 3.63) is 22.4 Å². The summed E-state index contributed by atoms with van der Waals surface area (Å²) in [7, 11) is 0. The fraction of sp³-hybridized carbons (Fsp3) is 0.688. The van der Waals surface area contributed by atoms with Gasteiger partial charge in [0.15, 0.2) is 0 Å². The lowest BCUT2D eigenvalue weighted by Crippen LogP contribution is -2.39. The Balaban J connectivity index is 1.97. The number of thiophene rings is 1. The van der Waals surface area contributed by atoms with Crippen LogP contribution < -0.4 is 5.32 Å². The summed E-state index contributed by atoms with van der Waals surface area (Å²) in [4.78, 5) is 13.5. The van der Waals surface area contributed by atoms with Gasteiger partial charge in [0.25, 0.3) is 0 Å². The van der Waals surface area contributed by atoms with E-state index in [-0.39, 0.29) is 16.7 Å². The molecule has 1 saturated carbocycles. The molecule has 1 heterocycles. The zero-order chi connectivity index (χ0) is 13.9. The normalized spacial score (nSPS) is 18.5. The number of hydrogen-bond acceptors (Lipinski definition) is 2. The Morgan fingerprint density at radius 1 is 1.37 bits per heavy atom. The lowest BCUT2D eigenvalue weighted by Gasteiger charge is -2.29. The van der Waals surface area contributed by atoms with E-state index in [0.717, 1.165) is 6.54 Å². The van der Waals surface area contributed by atoms with Crippen molar-refractivity contribution in [3.8, 4) is 0 Å². The Labute approximate surface area is 120 Å². The highest BCUT2D eigenvalue weighted by molar-refractivity contribution is 7.10. The largest absolute Gasteiger partial charge is 0.355 e. The molecular formula is C16H25NOS. The molecule has 1 aliphatic carbocycles. The van der Waals surface area contributed by atoms with Crippen molar-refractivity contribution in [1.82, 2.24) is 5.32 Å². The monoisotopic (exact) mass is 279 g/mol. The highest BCUT2D eigenvalue weighted by Gasteiger charge is 2.36. The Hall–Kier alpha value is -0.830. The van der Waals surface area contributed by atoms with Crippen LogP contribution in [0.1, 0.15) is 57.8 Å². The van der Waals surface area contributed by atoms with E-state index >= 15 is 0 Å². The first-order valence-corrected chi connectivity index (χ1v) is 8.10. The molecule has 0 atom stereocenters. The van der Waals surface area contributed by atoms with E-state index < -0.39 is 0 Å². The van der Waals surface area contributed by atoms with Gasteiger partial charge in [-0.3, -0.25) is 4.79 Å². The van der Waals surface area contributed by atoms with E-state index in [4.69, 9.17) is 0 Å². The van der Waals surface area contributed by atoms with Crippen LogP contribution in [0.2, 0.25) is 0 Å².